The summed E-state index contributed by atoms with van der Waals surface area (Å²) in [5.41, 5.74) is 1.64. The van der Waals surface area contributed by atoms with Crippen molar-refractivity contribution < 1.29 is 19.8 Å². The highest BCUT2D eigenvalue weighted by molar-refractivity contribution is 6.31. The van der Waals surface area contributed by atoms with Crippen LogP contribution in [-0.4, -0.2) is 26.8 Å². The van der Waals surface area contributed by atoms with Crippen LogP contribution < -0.4 is 5.11 Å². The molecule has 1 aromatic carbocycles. The molecule has 0 aliphatic carbocycles. The molecule has 0 spiro atoms. The van der Waals surface area contributed by atoms with Gasteiger partial charge in [-0.05, 0) is 42.3 Å². The summed E-state index contributed by atoms with van der Waals surface area (Å²) in [7, 11) is 0. The largest absolute Gasteiger partial charge is 0.550 e. The van der Waals surface area contributed by atoms with E-state index in [-0.39, 0.29) is 11.4 Å². The van der Waals surface area contributed by atoms with Gasteiger partial charge in [-0.3, -0.25) is 9.78 Å². The van der Waals surface area contributed by atoms with Crippen molar-refractivity contribution in [3.8, 4) is 0 Å². The molecule has 1 atom stereocenters. The number of aliphatic carboxylic acids is 1. The fraction of sp³-hybridized carbons (Fsp3) is 0.167. The number of nitrogens with one attached hydrogen (secondary N) is 1. The van der Waals surface area contributed by atoms with Gasteiger partial charge in [0.05, 0.1) is 11.8 Å². The molecule has 0 saturated carbocycles. The Balaban J connectivity index is 2.15. The number of aromatic amines is 1. The van der Waals surface area contributed by atoms with Crippen LogP contribution in [0.1, 0.15) is 40.3 Å². The normalized spacial score (nSPS) is 12.3. The van der Waals surface area contributed by atoms with E-state index in [0.29, 0.717) is 27.1 Å². The number of carboxylic acid groups (broad SMARTS) is 1. The first kappa shape index (κ1) is 17.1. The monoisotopic (exact) mass is 357 g/mol. The maximum Gasteiger partial charge on any atom is 0.227 e. The van der Waals surface area contributed by atoms with Crippen molar-refractivity contribution in [3.05, 3.63) is 64.1 Å². The lowest BCUT2D eigenvalue weighted by Crippen LogP contribution is -2.25. The van der Waals surface area contributed by atoms with E-state index in [1.54, 1.807) is 31.2 Å². The number of pyridine rings is 1. The number of carboxylic acids is 1. The van der Waals surface area contributed by atoms with Crippen molar-refractivity contribution in [2.45, 2.75) is 19.4 Å². The summed E-state index contributed by atoms with van der Waals surface area (Å²) in [5, 5.41) is 21.8. The molecular formula is C18H14ClN2O4-. The average molecular weight is 358 g/mol. The van der Waals surface area contributed by atoms with Crippen molar-refractivity contribution >= 4 is 34.3 Å². The number of aliphatic hydroxyl groups excluding tert-OH is 1. The maximum atomic E-state index is 12.9. The molecule has 0 saturated heterocycles. The van der Waals surface area contributed by atoms with Gasteiger partial charge in [-0.25, -0.2) is 0 Å². The third-order valence-corrected chi connectivity index (χ3v) is 4.15. The van der Waals surface area contributed by atoms with E-state index in [2.05, 4.69) is 9.97 Å². The number of aliphatic hydroxyl groups is 1. The molecule has 3 rings (SSSR count). The third kappa shape index (κ3) is 3.40. The first-order valence-corrected chi connectivity index (χ1v) is 7.93. The van der Waals surface area contributed by atoms with Gasteiger partial charge >= 0.3 is 0 Å². The topological polar surface area (TPSA) is 106 Å². The molecule has 2 aromatic heterocycles. The molecule has 0 amide bonds. The highest BCUT2D eigenvalue weighted by atomic mass is 35.5. The summed E-state index contributed by atoms with van der Waals surface area (Å²) in [4.78, 5) is 30.9. The van der Waals surface area contributed by atoms with Crippen LogP contribution in [0.2, 0.25) is 5.02 Å². The average Bonchev–Trinajstić information content (AvgIpc) is 2.91. The van der Waals surface area contributed by atoms with Crippen LogP contribution in [0.15, 0.2) is 36.5 Å². The molecule has 0 bridgehead atoms. The summed E-state index contributed by atoms with van der Waals surface area (Å²) in [6.07, 6.45) is 0.255. The first-order valence-electron chi connectivity index (χ1n) is 7.55. The van der Waals surface area contributed by atoms with Crippen molar-refractivity contribution in [1.82, 2.24) is 9.97 Å². The summed E-state index contributed by atoms with van der Waals surface area (Å²) >= 11 is 5.96. The van der Waals surface area contributed by atoms with Crippen LogP contribution in [0.4, 0.5) is 0 Å². The summed E-state index contributed by atoms with van der Waals surface area (Å²) in [6.45, 7) is 1.58. The Labute approximate surface area is 148 Å². The van der Waals surface area contributed by atoms with E-state index in [4.69, 9.17) is 11.6 Å². The van der Waals surface area contributed by atoms with Crippen LogP contribution in [-0.2, 0) is 11.2 Å². The second kappa shape index (κ2) is 6.66. The van der Waals surface area contributed by atoms with Crippen LogP contribution in [0.25, 0.3) is 10.9 Å². The minimum atomic E-state index is -1.30. The van der Waals surface area contributed by atoms with E-state index in [1.165, 1.54) is 12.3 Å². The van der Waals surface area contributed by atoms with Gasteiger partial charge in [-0.1, -0.05) is 17.7 Å². The van der Waals surface area contributed by atoms with Crippen molar-refractivity contribution in [3.63, 3.8) is 0 Å². The second-order valence-electron chi connectivity index (χ2n) is 5.70. The summed E-state index contributed by atoms with van der Waals surface area (Å²) < 4.78 is 0. The molecule has 0 aliphatic heterocycles. The van der Waals surface area contributed by atoms with Gasteiger partial charge in [0, 0.05) is 34.5 Å². The van der Waals surface area contributed by atoms with Crippen molar-refractivity contribution in [2.24, 2.45) is 0 Å². The number of aromatic nitrogens is 2. The number of H-pyrrole nitrogens is 1. The molecule has 25 heavy (non-hydrogen) atoms. The van der Waals surface area contributed by atoms with Gasteiger partial charge in [0.15, 0.2) is 0 Å². The number of carbonyl (C=O) groups excluding carboxylic acids is 2. The molecule has 2 N–H and O–H groups in total. The molecule has 3 aromatic rings. The zero-order chi connectivity index (χ0) is 18.1. The minimum Gasteiger partial charge on any atom is -0.550 e. The number of nitrogens with zero attached hydrogens (tertiary/aromatic N) is 1. The van der Waals surface area contributed by atoms with E-state index in [1.807, 2.05) is 0 Å². The number of benzene rings is 1. The Hall–Kier alpha value is -2.70. The SMILES string of the molecule is CC(O)c1ccnc(C(=O)c2[nH]c3cc(Cl)ccc3c2CC(=O)[O-])c1. The predicted molar refractivity (Wildman–Crippen MR) is 90.3 cm³/mol. The smallest absolute Gasteiger partial charge is 0.227 e. The highest BCUT2D eigenvalue weighted by Crippen LogP contribution is 2.27. The molecule has 0 fully saturated rings. The van der Waals surface area contributed by atoms with Crippen LogP contribution in [0, 0.1) is 0 Å². The Bertz CT molecular complexity index is 978. The number of fused-ring (bicyclic) bond motifs is 1. The van der Waals surface area contributed by atoms with Gasteiger partial charge < -0.3 is 20.0 Å². The Morgan fingerprint density at radius 2 is 2.08 bits per heavy atom. The number of hydrogen-bond acceptors (Lipinski definition) is 5. The molecule has 0 radical (unpaired) electrons. The second-order valence-corrected chi connectivity index (χ2v) is 6.13. The number of halogens is 1. The standard InChI is InChI=1S/C18H15ClN2O4/c1-9(22)10-4-5-20-15(6-10)18(25)17-13(8-16(23)24)12-3-2-11(19)7-14(12)21-17/h2-7,9,21-22H,8H2,1H3,(H,23,24)/p-1. The number of hydrogen-bond donors (Lipinski definition) is 2. The zero-order valence-electron chi connectivity index (χ0n) is 13.2. The van der Waals surface area contributed by atoms with Crippen LogP contribution in [0.5, 0.6) is 0 Å². The Morgan fingerprint density at radius 3 is 2.76 bits per heavy atom. The molecule has 128 valence electrons. The third-order valence-electron chi connectivity index (χ3n) is 3.92. The van der Waals surface area contributed by atoms with Gasteiger partial charge in [0.1, 0.15) is 5.69 Å². The number of carbonyl (C=O) groups is 2. The number of ketones is 1. The van der Waals surface area contributed by atoms with Crippen molar-refractivity contribution in [1.29, 1.82) is 0 Å². The van der Waals surface area contributed by atoms with Gasteiger partial charge in [-0.15, -0.1) is 0 Å². The summed E-state index contributed by atoms with van der Waals surface area (Å²) in [6, 6.07) is 7.98. The van der Waals surface area contributed by atoms with E-state index >= 15 is 0 Å². The predicted octanol–water partition coefficient (Wildman–Crippen LogP) is 1.79. The van der Waals surface area contributed by atoms with E-state index in [9.17, 15) is 19.8 Å². The van der Waals surface area contributed by atoms with E-state index < -0.39 is 24.3 Å². The molecule has 1 unspecified atom stereocenters. The number of rotatable bonds is 5. The molecule has 0 aliphatic rings. The lowest BCUT2D eigenvalue weighted by atomic mass is 10.0. The van der Waals surface area contributed by atoms with Gasteiger partial charge in [-0.2, -0.15) is 0 Å². The van der Waals surface area contributed by atoms with Crippen LogP contribution in [0.3, 0.4) is 0 Å². The fourth-order valence-electron chi connectivity index (χ4n) is 2.71. The lowest BCUT2D eigenvalue weighted by molar-refractivity contribution is -0.304. The zero-order valence-corrected chi connectivity index (χ0v) is 14.0. The lowest BCUT2D eigenvalue weighted by Gasteiger charge is -2.08. The quantitative estimate of drug-likeness (QED) is 0.677. The Morgan fingerprint density at radius 1 is 1.32 bits per heavy atom. The summed E-state index contributed by atoms with van der Waals surface area (Å²) in [5.74, 6) is -1.76. The minimum absolute atomic E-state index is 0.107. The first-order chi connectivity index (χ1) is 11.9. The van der Waals surface area contributed by atoms with Gasteiger partial charge in [0.25, 0.3) is 0 Å². The fourth-order valence-corrected chi connectivity index (χ4v) is 2.88. The molecular weight excluding hydrogens is 344 g/mol. The molecule has 6 nitrogen and oxygen atoms in total. The Kier molecular flexibility index (Phi) is 4.57. The molecule has 7 heteroatoms. The maximum absolute atomic E-state index is 12.9. The van der Waals surface area contributed by atoms with Crippen LogP contribution >= 0.6 is 11.6 Å². The van der Waals surface area contributed by atoms with Crippen molar-refractivity contribution in [2.75, 3.05) is 0 Å². The molecule has 2 heterocycles. The van der Waals surface area contributed by atoms with Gasteiger partial charge in [0.2, 0.25) is 5.78 Å². The van der Waals surface area contributed by atoms with E-state index in [0.717, 1.165) is 0 Å². The highest BCUT2D eigenvalue weighted by Gasteiger charge is 2.21.